The second kappa shape index (κ2) is 7.86. The summed E-state index contributed by atoms with van der Waals surface area (Å²) >= 11 is 1.75. The fourth-order valence-electron chi connectivity index (χ4n) is 5.00. The Hall–Kier alpha value is -2.97. The van der Waals surface area contributed by atoms with E-state index in [9.17, 15) is 9.59 Å². The molecule has 0 radical (unpaired) electrons. The number of rotatable bonds is 5. The minimum Gasteiger partial charge on any atom is -0.351 e. The highest BCUT2D eigenvalue weighted by Gasteiger charge is 2.35. The van der Waals surface area contributed by atoms with Gasteiger partial charge in [-0.25, -0.2) is 4.98 Å². The molecule has 0 aliphatic carbocycles. The van der Waals surface area contributed by atoms with E-state index >= 15 is 0 Å². The zero-order valence-corrected chi connectivity index (χ0v) is 18.5. The van der Waals surface area contributed by atoms with E-state index < -0.39 is 6.04 Å². The smallest absolute Gasteiger partial charge is 0.294 e. The summed E-state index contributed by atoms with van der Waals surface area (Å²) in [5, 5.41) is 6.39. The van der Waals surface area contributed by atoms with Crippen LogP contribution in [0.4, 0.5) is 5.82 Å². The zero-order valence-electron chi connectivity index (χ0n) is 17.7. The predicted molar refractivity (Wildman–Crippen MR) is 124 cm³/mol. The Morgan fingerprint density at radius 2 is 2.06 bits per heavy atom. The summed E-state index contributed by atoms with van der Waals surface area (Å²) in [5.74, 6) is 0.792. The molecular formula is C24H25N5O2S. The number of amides is 1. The van der Waals surface area contributed by atoms with E-state index in [2.05, 4.69) is 33.8 Å². The van der Waals surface area contributed by atoms with Crippen LogP contribution in [0.3, 0.4) is 0 Å². The molecule has 3 aliphatic heterocycles. The molecule has 164 valence electrons. The van der Waals surface area contributed by atoms with Gasteiger partial charge >= 0.3 is 0 Å². The van der Waals surface area contributed by atoms with Gasteiger partial charge in [0, 0.05) is 53.7 Å². The molecule has 2 N–H and O–H groups in total. The Morgan fingerprint density at radius 3 is 2.88 bits per heavy atom. The number of hydrogen-bond donors (Lipinski definition) is 2. The normalized spacial score (nSPS) is 19.5. The molecule has 6 rings (SSSR count). The molecule has 8 heteroatoms. The second-order valence-corrected chi connectivity index (χ2v) is 10.0. The van der Waals surface area contributed by atoms with Crippen LogP contribution in [0.5, 0.6) is 0 Å². The number of hydrogen-bond acceptors (Lipinski definition) is 6. The highest BCUT2D eigenvalue weighted by molar-refractivity contribution is 7.12. The summed E-state index contributed by atoms with van der Waals surface area (Å²) in [6, 6.07) is 12.1. The zero-order chi connectivity index (χ0) is 21.7. The highest BCUT2D eigenvalue weighted by Crippen LogP contribution is 2.31. The van der Waals surface area contributed by atoms with Crippen molar-refractivity contribution in [3.8, 4) is 0 Å². The van der Waals surface area contributed by atoms with Crippen molar-refractivity contribution in [2.24, 2.45) is 0 Å². The molecule has 1 fully saturated rings. The average molecular weight is 448 g/mol. The minimum absolute atomic E-state index is 0.0829. The van der Waals surface area contributed by atoms with Crippen molar-refractivity contribution in [2.45, 2.75) is 44.4 Å². The summed E-state index contributed by atoms with van der Waals surface area (Å²) in [7, 11) is 0. The quantitative estimate of drug-likeness (QED) is 0.628. The van der Waals surface area contributed by atoms with Crippen LogP contribution in [0.25, 0.3) is 0 Å². The molecule has 5 heterocycles. The molecule has 0 bridgehead atoms. The summed E-state index contributed by atoms with van der Waals surface area (Å²) in [4.78, 5) is 35.3. The van der Waals surface area contributed by atoms with E-state index in [1.54, 1.807) is 22.1 Å². The van der Waals surface area contributed by atoms with Crippen molar-refractivity contribution in [3.05, 3.63) is 79.5 Å². The molecule has 1 amide bonds. The van der Waals surface area contributed by atoms with Crippen LogP contribution < -0.4 is 21.1 Å². The highest BCUT2D eigenvalue weighted by atomic mass is 32.1. The first-order chi connectivity index (χ1) is 15.7. The van der Waals surface area contributed by atoms with E-state index in [0.717, 1.165) is 31.9 Å². The second-order valence-electron chi connectivity index (χ2n) is 8.80. The third kappa shape index (κ3) is 3.34. The van der Waals surface area contributed by atoms with E-state index in [1.807, 2.05) is 23.1 Å². The number of benzene rings is 1. The number of carbonyl (C=O) groups excluding carboxylic acids is 1. The van der Waals surface area contributed by atoms with Gasteiger partial charge in [0.1, 0.15) is 6.04 Å². The predicted octanol–water partition coefficient (Wildman–Crippen LogP) is 2.32. The van der Waals surface area contributed by atoms with Crippen LogP contribution in [0.2, 0.25) is 0 Å². The fourth-order valence-corrected chi connectivity index (χ4v) is 6.10. The number of fused-ring (bicyclic) bond motifs is 2. The Morgan fingerprint density at radius 1 is 1.22 bits per heavy atom. The van der Waals surface area contributed by atoms with E-state index in [1.165, 1.54) is 20.9 Å². The van der Waals surface area contributed by atoms with Crippen molar-refractivity contribution < 1.29 is 4.79 Å². The van der Waals surface area contributed by atoms with Crippen molar-refractivity contribution in [3.63, 3.8) is 0 Å². The van der Waals surface area contributed by atoms with Crippen LogP contribution in [0.1, 0.15) is 45.0 Å². The van der Waals surface area contributed by atoms with Crippen LogP contribution in [0.15, 0.2) is 47.4 Å². The average Bonchev–Trinajstić information content (AvgIpc) is 3.48. The van der Waals surface area contributed by atoms with Gasteiger partial charge in [-0.15, -0.1) is 11.3 Å². The third-order valence-electron chi connectivity index (χ3n) is 6.78. The summed E-state index contributed by atoms with van der Waals surface area (Å²) in [6.07, 6.45) is 3.12. The van der Waals surface area contributed by atoms with Gasteiger partial charge in [0.05, 0.1) is 6.54 Å². The number of nitrogens with one attached hydrogen (secondary N) is 2. The van der Waals surface area contributed by atoms with Crippen molar-refractivity contribution in [1.82, 2.24) is 20.2 Å². The van der Waals surface area contributed by atoms with Crippen molar-refractivity contribution in [2.75, 3.05) is 18.0 Å². The van der Waals surface area contributed by atoms with E-state index in [0.29, 0.717) is 31.1 Å². The number of carbonyl (C=O) groups is 1. The monoisotopic (exact) mass is 447 g/mol. The molecule has 7 nitrogen and oxygen atoms in total. The van der Waals surface area contributed by atoms with Gasteiger partial charge in [-0.1, -0.05) is 30.3 Å². The number of aryl methyl sites for hydroxylation is 1. The van der Waals surface area contributed by atoms with Gasteiger partial charge in [0.15, 0.2) is 5.82 Å². The maximum absolute atomic E-state index is 13.3. The number of nitrogens with zero attached hydrogens (tertiary/aromatic N) is 3. The molecule has 32 heavy (non-hydrogen) atoms. The molecule has 1 saturated heterocycles. The van der Waals surface area contributed by atoms with Gasteiger partial charge in [-0.3, -0.25) is 14.2 Å². The van der Waals surface area contributed by atoms with E-state index in [-0.39, 0.29) is 11.5 Å². The number of aromatic nitrogens is 2. The molecule has 3 aromatic rings. The maximum Gasteiger partial charge on any atom is 0.294 e. The Balaban J connectivity index is 1.16. The molecule has 2 aromatic heterocycles. The van der Waals surface area contributed by atoms with Crippen molar-refractivity contribution in [1.29, 1.82) is 0 Å². The van der Waals surface area contributed by atoms with Crippen LogP contribution >= 0.6 is 11.3 Å². The minimum atomic E-state index is -0.459. The molecule has 1 atom stereocenters. The summed E-state index contributed by atoms with van der Waals surface area (Å²) < 4.78 is 1.67. The van der Waals surface area contributed by atoms with Gasteiger partial charge in [0.2, 0.25) is 5.91 Å². The lowest BCUT2D eigenvalue weighted by Gasteiger charge is -2.40. The largest absolute Gasteiger partial charge is 0.351 e. The van der Waals surface area contributed by atoms with Gasteiger partial charge < -0.3 is 15.5 Å². The molecule has 0 spiro atoms. The lowest BCUT2D eigenvalue weighted by Crippen LogP contribution is -2.49. The molecule has 0 saturated carbocycles. The fraction of sp³-hybridized carbons (Fsp3) is 0.375. The first kappa shape index (κ1) is 19.7. The Bertz CT molecular complexity index is 1210. The lowest BCUT2D eigenvalue weighted by molar-refractivity contribution is -0.124. The first-order valence-corrected chi connectivity index (χ1v) is 12.0. The molecular weight excluding hydrogens is 422 g/mol. The number of anilines is 1. The molecule has 3 aliphatic rings. The SMILES string of the molecule is O=C(NCc1cc2c(s1)CNC2)[C@@H]1CCc2cnc(N3CC(c4ccccc4)C3)c(=O)n21. The van der Waals surface area contributed by atoms with Gasteiger partial charge in [-0.2, -0.15) is 0 Å². The number of thiophene rings is 1. The summed E-state index contributed by atoms with van der Waals surface area (Å²) in [6.45, 7) is 3.89. The Kier molecular flexibility index (Phi) is 4.84. The topological polar surface area (TPSA) is 79.3 Å². The van der Waals surface area contributed by atoms with Crippen LogP contribution in [-0.4, -0.2) is 28.5 Å². The maximum atomic E-state index is 13.3. The van der Waals surface area contributed by atoms with E-state index in [4.69, 9.17) is 0 Å². The van der Waals surface area contributed by atoms with Crippen LogP contribution in [0, 0.1) is 0 Å². The standard InChI is InChI=1S/C24H25N5O2S/c30-23(27-11-19-8-16-9-25-12-21(16)32-19)20-7-6-18-10-26-22(24(31)29(18)20)28-13-17(14-28)15-4-2-1-3-5-15/h1-5,8,10,17,20,25H,6-7,9,11-14H2,(H,27,30)/t20-/m0/s1. The lowest BCUT2D eigenvalue weighted by atomic mass is 9.91. The Labute approximate surface area is 190 Å². The molecule has 1 aromatic carbocycles. The van der Waals surface area contributed by atoms with Crippen LogP contribution in [-0.2, 0) is 30.8 Å². The third-order valence-corrected chi connectivity index (χ3v) is 7.96. The first-order valence-electron chi connectivity index (χ1n) is 11.2. The van der Waals surface area contributed by atoms with Gasteiger partial charge in [-0.05, 0) is 30.0 Å². The molecule has 0 unspecified atom stereocenters. The summed E-state index contributed by atoms with van der Waals surface area (Å²) in [5.41, 5.74) is 3.33. The van der Waals surface area contributed by atoms with Crippen molar-refractivity contribution >= 4 is 23.1 Å². The van der Waals surface area contributed by atoms with Gasteiger partial charge in [0.25, 0.3) is 5.56 Å².